The Morgan fingerprint density at radius 2 is 1.55 bits per heavy atom. The van der Waals surface area contributed by atoms with Gasteiger partial charge in [-0.2, -0.15) is 0 Å². The summed E-state index contributed by atoms with van der Waals surface area (Å²) in [4.78, 5) is 0. The molecule has 0 aliphatic carbocycles. The molecule has 106 valence electrons. The number of anilines is 1. The predicted molar refractivity (Wildman–Crippen MR) is 83.8 cm³/mol. The summed E-state index contributed by atoms with van der Waals surface area (Å²) >= 11 is 0. The molecule has 0 aliphatic heterocycles. The molecule has 0 bridgehead atoms. The number of para-hydroxylation sites is 1. The molecule has 2 aromatic carbocycles. The zero-order chi connectivity index (χ0) is 14.9. The van der Waals surface area contributed by atoms with Gasteiger partial charge in [0.15, 0.2) is 0 Å². The van der Waals surface area contributed by atoms with E-state index >= 15 is 0 Å². The first-order valence-corrected chi connectivity index (χ1v) is 6.99. The van der Waals surface area contributed by atoms with Crippen LogP contribution in [-0.2, 0) is 0 Å². The number of rotatable bonds is 3. The molecule has 0 spiro atoms. The van der Waals surface area contributed by atoms with Crippen molar-refractivity contribution in [2.75, 3.05) is 5.32 Å². The molecule has 0 aliphatic rings. The second-order valence-corrected chi connectivity index (χ2v) is 5.61. The van der Waals surface area contributed by atoms with Gasteiger partial charge in [0.25, 0.3) is 0 Å². The minimum absolute atomic E-state index is 0.0752. The van der Waals surface area contributed by atoms with Gasteiger partial charge < -0.3 is 5.32 Å². The molecule has 2 rings (SSSR count). The van der Waals surface area contributed by atoms with Crippen molar-refractivity contribution in [3.8, 4) is 0 Å². The highest BCUT2D eigenvalue weighted by Crippen LogP contribution is 2.29. The van der Waals surface area contributed by atoms with Gasteiger partial charge in [-0.25, -0.2) is 4.39 Å². The number of aryl methyl sites for hydroxylation is 4. The van der Waals surface area contributed by atoms with Gasteiger partial charge in [0.05, 0.1) is 5.69 Å². The Hall–Kier alpha value is -1.83. The third-order valence-electron chi connectivity index (χ3n) is 3.75. The Morgan fingerprint density at radius 3 is 2.10 bits per heavy atom. The fourth-order valence-corrected chi connectivity index (χ4v) is 2.98. The lowest BCUT2D eigenvalue weighted by molar-refractivity contribution is 0.626. The van der Waals surface area contributed by atoms with Crippen molar-refractivity contribution < 1.29 is 4.39 Å². The average Bonchev–Trinajstić information content (AvgIpc) is 2.32. The standard InChI is InChI=1S/C18H22FN/c1-11-9-13(3)17(14(4)10-11)15(5)20-18-12(2)7-6-8-16(18)19/h6-10,15,20H,1-5H3. The van der Waals surface area contributed by atoms with E-state index in [1.54, 1.807) is 6.07 Å². The highest BCUT2D eigenvalue weighted by molar-refractivity contribution is 5.54. The lowest BCUT2D eigenvalue weighted by Crippen LogP contribution is -2.12. The van der Waals surface area contributed by atoms with E-state index in [0.717, 1.165) is 5.56 Å². The fraction of sp³-hybridized carbons (Fsp3) is 0.333. The van der Waals surface area contributed by atoms with E-state index in [4.69, 9.17) is 0 Å². The minimum Gasteiger partial charge on any atom is -0.376 e. The third-order valence-corrected chi connectivity index (χ3v) is 3.75. The fourth-order valence-electron chi connectivity index (χ4n) is 2.98. The second kappa shape index (κ2) is 5.66. The van der Waals surface area contributed by atoms with Gasteiger partial charge in [-0.15, -0.1) is 0 Å². The van der Waals surface area contributed by atoms with E-state index in [2.05, 4.69) is 45.1 Å². The molecule has 2 heteroatoms. The molecule has 0 aromatic heterocycles. The molecule has 1 atom stereocenters. The molecule has 0 radical (unpaired) electrons. The lowest BCUT2D eigenvalue weighted by Gasteiger charge is -2.22. The maximum absolute atomic E-state index is 13.9. The maximum Gasteiger partial charge on any atom is 0.146 e. The van der Waals surface area contributed by atoms with Crippen LogP contribution >= 0.6 is 0 Å². The molecule has 1 unspecified atom stereocenters. The molecule has 0 saturated heterocycles. The zero-order valence-corrected chi connectivity index (χ0v) is 12.8. The van der Waals surface area contributed by atoms with E-state index in [1.807, 2.05) is 13.0 Å². The maximum atomic E-state index is 13.9. The van der Waals surface area contributed by atoms with E-state index in [0.29, 0.717) is 5.69 Å². The molecule has 0 amide bonds. The topological polar surface area (TPSA) is 12.0 Å². The van der Waals surface area contributed by atoms with Crippen molar-refractivity contribution in [1.82, 2.24) is 0 Å². The number of hydrogen-bond donors (Lipinski definition) is 1. The normalized spacial score (nSPS) is 12.3. The number of hydrogen-bond acceptors (Lipinski definition) is 1. The smallest absolute Gasteiger partial charge is 0.146 e. The van der Waals surface area contributed by atoms with Crippen molar-refractivity contribution >= 4 is 5.69 Å². The summed E-state index contributed by atoms with van der Waals surface area (Å²) in [6.07, 6.45) is 0. The summed E-state index contributed by atoms with van der Waals surface area (Å²) in [6, 6.07) is 9.59. The van der Waals surface area contributed by atoms with Crippen LogP contribution in [0.4, 0.5) is 10.1 Å². The number of benzene rings is 2. The summed E-state index contributed by atoms with van der Waals surface area (Å²) in [5, 5.41) is 3.32. The first kappa shape index (κ1) is 14.6. The molecular weight excluding hydrogens is 249 g/mol. The van der Waals surface area contributed by atoms with Crippen LogP contribution < -0.4 is 5.32 Å². The summed E-state index contributed by atoms with van der Waals surface area (Å²) in [5.41, 5.74) is 6.53. The summed E-state index contributed by atoms with van der Waals surface area (Å²) in [7, 11) is 0. The summed E-state index contributed by atoms with van der Waals surface area (Å²) < 4.78 is 13.9. The first-order valence-electron chi connectivity index (χ1n) is 6.99. The molecular formula is C18H22FN. The molecule has 0 saturated carbocycles. The Bertz CT molecular complexity index is 588. The molecule has 0 fully saturated rings. The number of halogens is 1. The van der Waals surface area contributed by atoms with Crippen LogP contribution in [0.25, 0.3) is 0 Å². The second-order valence-electron chi connectivity index (χ2n) is 5.61. The van der Waals surface area contributed by atoms with Crippen molar-refractivity contribution in [2.24, 2.45) is 0 Å². The van der Waals surface area contributed by atoms with Gasteiger partial charge in [-0.1, -0.05) is 29.8 Å². The Balaban J connectivity index is 2.36. The Morgan fingerprint density at radius 1 is 0.950 bits per heavy atom. The summed E-state index contributed by atoms with van der Waals surface area (Å²) in [6.45, 7) is 10.3. The van der Waals surface area contributed by atoms with Crippen molar-refractivity contribution in [1.29, 1.82) is 0 Å². The van der Waals surface area contributed by atoms with Crippen molar-refractivity contribution in [3.63, 3.8) is 0 Å². The number of nitrogens with one attached hydrogen (secondary N) is 1. The van der Waals surface area contributed by atoms with Crippen LogP contribution in [0.1, 0.15) is 40.8 Å². The molecule has 0 heterocycles. The largest absolute Gasteiger partial charge is 0.376 e. The Labute approximate surface area is 120 Å². The van der Waals surface area contributed by atoms with Crippen LogP contribution in [0.5, 0.6) is 0 Å². The van der Waals surface area contributed by atoms with E-state index in [1.165, 1.54) is 28.3 Å². The third kappa shape index (κ3) is 2.84. The highest BCUT2D eigenvalue weighted by Gasteiger charge is 2.14. The van der Waals surface area contributed by atoms with Gasteiger partial charge in [0.2, 0.25) is 0 Å². The van der Waals surface area contributed by atoms with Crippen LogP contribution in [0.3, 0.4) is 0 Å². The predicted octanol–water partition coefficient (Wildman–Crippen LogP) is 5.23. The summed E-state index contributed by atoms with van der Waals surface area (Å²) in [5.74, 6) is -0.195. The highest BCUT2D eigenvalue weighted by atomic mass is 19.1. The quantitative estimate of drug-likeness (QED) is 0.805. The zero-order valence-electron chi connectivity index (χ0n) is 12.8. The lowest BCUT2D eigenvalue weighted by atomic mass is 9.94. The van der Waals surface area contributed by atoms with Gasteiger partial charge in [0.1, 0.15) is 5.82 Å². The minimum atomic E-state index is -0.195. The van der Waals surface area contributed by atoms with Gasteiger partial charge in [-0.3, -0.25) is 0 Å². The molecule has 1 N–H and O–H groups in total. The van der Waals surface area contributed by atoms with Gasteiger partial charge >= 0.3 is 0 Å². The SMILES string of the molecule is Cc1cc(C)c(C(C)Nc2c(C)cccc2F)c(C)c1. The molecule has 2 aromatic rings. The van der Waals surface area contributed by atoms with Crippen LogP contribution in [0.15, 0.2) is 30.3 Å². The molecule has 20 heavy (non-hydrogen) atoms. The first-order chi connectivity index (χ1) is 9.40. The Kier molecular flexibility index (Phi) is 4.12. The van der Waals surface area contributed by atoms with E-state index in [9.17, 15) is 4.39 Å². The van der Waals surface area contributed by atoms with Crippen LogP contribution in [0.2, 0.25) is 0 Å². The van der Waals surface area contributed by atoms with E-state index in [-0.39, 0.29) is 11.9 Å². The van der Waals surface area contributed by atoms with Crippen LogP contribution in [0, 0.1) is 33.5 Å². The molecule has 1 nitrogen and oxygen atoms in total. The van der Waals surface area contributed by atoms with Crippen molar-refractivity contribution in [2.45, 2.75) is 40.7 Å². The van der Waals surface area contributed by atoms with Crippen LogP contribution in [-0.4, -0.2) is 0 Å². The van der Waals surface area contributed by atoms with Gasteiger partial charge in [0, 0.05) is 6.04 Å². The van der Waals surface area contributed by atoms with Gasteiger partial charge in [-0.05, 0) is 62.9 Å². The average molecular weight is 271 g/mol. The van der Waals surface area contributed by atoms with Crippen molar-refractivity contribution in [3.05, 3.63) is 64.0 Å². The monoisotopic (exact) mass is 271 g/mol. The van der Waals surface area contributed by atoms with E-state index < -0.39 is 0 Å².